The number of hydrogen-bond acceptors (Lipinski definition) is 4. The Bertz CT molecular complexity index is 982. The molecule has 1 heterocycles. The van der Waals surface area contributed by atoms with E-state index in [1.807, 2.05) is 0 Å². The third-order valence-electron chi connectivity index (χ3n) is 3.42. The van der Waals surface area contributed by atoms with Gasteiger partial charge in [-0.1, -0.05) is 17.7 Å². The smallest absolute Gasteiger partial charge is 0.339 e. The fourth-order valence-electron chi connectivity index (χ4n) is 2.25. The van der Waals surface area contributed by atoms with Gasteiger partial charge in [-0.15, -0.1) is 0 Å². The number of carboxylic acid groups (broad SMARTS) is 1. The molecule has 0 bridgehead atoms. The van der Waals surface area contributed by atoms with Gasteiger partial charge in [-0.25, -0.2) is 18.6 Å². The molecule has 0 unspecified atom stereocenters. The maximum Gasteiger partial charge on any atom is 0.339 e. The maximum absolute atomic E-state index is 13.7. The average Bonchev–Trinajstić information content (AvgIpc) is 2.58. The summed E-state index contributed by atoms with van der Waals surface area (Å²) in [5.74, 6) is -2.63. The lowest BCUT2D eigenvalue weighted by atomic mass is 10.2. The normalized spacial score (nSPS) is 10.4. The van der Waals surface area contributed by atoms with Crippen LogP contribution in [0.1, 0.15) is 10.4 Å². The summed E-state index contributed by atoms with van der Waals surface area (Å²) in [6.45, 7) is 0. The molecule has 0 aliphatic heterocycles. The summed E-state index contributed by atoms with van der Waals surface area (Å²) in [6, 6.07) is 11.0. The van der Waals surface area contributed by atoms with E-state index in [0.29, 0.717) is 10.7 Å². The van der Waals surface area contributed by atoms with E-state index in [-0.39, 0.29) is 22.8 Å². The van der Waals surface area contributed by atoms with E-state index in [0.717, 1.165) is 12.1 Å². The zero-order chi connectivity index (χ0) is 18.7. The highest BCUT2D eigenvalue weighted by Gasteiger charge is 2.14. The fourth-order valence-corrected chi connectivity index (χ4v) is 2.44. The van der Waals surface area contributed by atoms with Crippen LogP contribution in [0, 0.1) is 11.6 Å². The second kappa shape index (κ2) is 7.37. The van der Waals surface area contributed by atoms with Crippen molar-refractivity contribution in [3.05, 3.63) is 76.9 Å². The van der Waals surface area contributed by atoms with Crippen molar-refractivity contribution in [2.75, 3.05) is 10.6 Å². The molecule has 0 fully saturated rings. The Morgan fingerprint density at radius 2 is 1.85 bits per heavy atom. The van der Waals surface area contributed by atoms with Gasteiger partial charge in [0, 0.05) is 16.8 Å². The van der Waals surface area contributed by atoms with Crippen molar-refractivity contribution in [3.63, 3.8) is 0 Å². The number of aromatic carboxylic acids is 1. The van der Waals surface area contributed by atoms with E-state index in [9.17, 15) is 18.7 Å². The molecule has 3 aromatic rings. The predicted molar refractivity (Wildman–Crippen MR) is 95.6 cm³/mol. The number of hydrogen-bond donors (Lipinski definition) is 3. The molecule has 5 nitrogen and oxygen atoms in total. The number of aromatic nitrogens is 1. The highest BCUT2D eigenvalue weighted by Crippen LogP contribution is 2.26. The van der Waals surface area contributed by atoms with E-state index in [2.05, 4.69) is 15.6 Å². The van der Waals surface area contributed by atoms with Crippen molar-refractivity contribution < 1.29 is 18.7 Å². The lowest BCUT2D eigenvalue weighted by Gasteiger charge is -2.12. The molecular weight excluding hydrogens is 364 g/mol. The molecule has 132 valence electrons. The molecule has 3 rings (SSSR count). The summed E-state index contributed by atoms with van der Waals surface area (Å²) < 4.78 is 26.7. The summed E-state index contributed by atoms with van der Waals surface area (Å²) in [4.78, 5) is 15.6. The van der Waals surface area contributed by atoms with Gasteiger partial charge in [0.1, 0.15) is 23.0 Å². The van der Waals surface area contributed by atoms with Crippen LogP contribution < -0.4 is 10.6 Å². The van der Waals surface area contributed by atoms with Gasteiger partial charge in [0.05, 0.1) is 17.6 Å². The molecule has 26 heavy (non-hydrogen) atoms. The van der Waals surface area contributed by atoms with E-state index in [1.54, 1.807) is 24.3 Å². The van der Waals surface area contributed by atoms with Gasteiger partial charge in [-0.05, 0) is 36.4 Å². The van der Waals surface area contributed by atoms with Gasteiger partial charge in [0.2, 0.25) is 0 Å². The number of benzene rings is 2. The zero-order valence-corrected chi connectivity index (χ0v) is 13.9. The number of halogens is 3. The highest BCUT2D eigenvalue weighted by atomic mass is 35.5. The third kappa shape index (κ3) is 4.07. The van der Waals surface area contributed by atoms with Gasteiger partial charge in [0.25, 0.3) is 0 Å². The summed E-state index contributed by atoms with van der Waals surface area (Å²) in [5.41, 5.74) is 0.680. The lowest BCUT2D eigenvalue weighted by Crippen LogP contribution is -2.06. The second-order valence-electron chi connectivity index (χ2n) is 5.31. The van der Waals surface area contributed by atoms with Crippen LogP contribution in [0.2, 0.25) is 5.02 Å². The molecule has 0 amide bonds. The second-order valence-corrected chi connectivity index (χ2v) is 5.75. The molecule has 0 aliphatic carbocycles. The Morgan fingerprint density at radius 3 is 2.54 bits per heavy atom. The molecule has 1 aromatic heterocycles. The molecule has 3 N–H and O–H groups in total. The number of pyridine rings is 1. The van der Waals surface area contributed by atoms with Crippen LogP contribution in [0.25, 0.3) is 0 Å². The van der Waals surface area contributed by atoms with Crippen LogP contribution in [0.3, 0.4) is 0 Å². The van der Waals surface area contributed by atoms with Crippen LogP contribution >= 0.6 is 11.6 Å². The summed E-state index contributed by atoms with van der Waals surface area (Å²) in [7, 11) is 0. The Morgan fingerprint density at radius 1 is 1.04 bits per heavy atom. The monoisotopic (exact) mass is 375 g/mol. The van der Waals surface area contributed by atoms with Gasteiger partial charge in [-0.2, -0.15) is 0 Å². The largest absolute Gasteiger partial charge is 0.478 e. The van der Waals surface area contributed by atoms with E-state index in [4.69, 9.17) is 11.6 Å². The molecule has 8 heteroatoms. The zero-order valence-electron chi connectivity index (χ0n) is 13.1. The van der Waals surface area contributed by atoms with Crippen LogP contribution in [0.5, 0.6) is 0 Å². The summed E-state index contributed by atoms with van der Waals surface area (Å²) in [6.07, 6.45) is 1.34. The quantitative estimate of drug-likeness (QED) is 0.571. The standard InChI is InChI=1S/C18H12ClF2N3O2/c19-10-2-1-3-12(6-10)24-17-14(18(25)26)8-13(9-22-17)23-16-5-4-11(20)7-15(16)21/h1-9,23H,(H,22,24)(H,25,26). The van der Waals surface area contributed by atoms with Crippen molar-refractivity contribution in [1.82, 2.24) is 4.98 Å². The molecule has 0 atom stereocenters. The Labute approximate surface area is 152 Å². The highest BCUT2D eigenvalue weighted by molar-refractivity contribution is 6.30. The minimum Gasteiger partial charge on any atom is -0.478 e. The van der Waals surface area contributed by atoms with Gasteiger partial charge in [0.15, 0.2) is 0 Å². The first-order chi connectivity index (χ1) is 12.4. The maximum atomic E-state index is 13.7. The molecule has 0 saturated heterocycles. The number of carboxylic acids is 1. The molecular formula is C18H12ClF2N3O2. The van der Waals surface area contributed by atoms with E-state index < -0.39 is 17.6 Å². The molecule has 0 aliphatic rings. The van der Waals surface area contributed by atoms with Crippen molar-refractivity contribution in [1.29, 1.82) is 0 Å². The first-order valence-electron chi connectivity index (χ1n) is 7.40. The number of carbonyl (C=O) groups is 1. The van der Waals surface area contributed by atoms with Crippen molar-refractivity contribution >= 4 is 40.5 Å². The van der Waals surface area contributed by atoms with Crippen LogP contribution in [0.15, 0.2) is 54.7 Å². The van der Waals surface area contributed by atoms with Crippen LogP contribution in [-0.4, -0.2) is 16.1 Å². The Balaban J connectivity index is 1.90. The van der Waals surface area contributed by atoms with Crippen molar-refractivity contribution in [3.8, 4) is 0 Å². The number of rotatable bonds is 5. The van der Waals surface area contributed by atoms with Crippen molar-refractivity contribution in [2.24, 2.45) is 0 Å². The summed E-state index contributed by atoms with van der Waals surface area (Å²) >= 11 is 5.91. The van der Waals surface area contributed by atoms with E-state index >= 15 is 0 Å². The minimum absolute atomic E-state index is 0.0000825. The fraction of sp³-hybridized carbons (Fsp3) is 0. The first-order valence-corrected chi connectivity index (χ1v) is 7.78. The number of nitrogens with zero attached hydrogens (tertiary/aromatic N) is 1. The average molecular weight is 376 g/mol. The first kappa shape index (κ1) is 17.6. The molecule has 0 radical (unpaired) electrons. The molecule has 2 aromatic carbocycles. The SMILES string of the molecule is O=C(O)c1cc(Nc2ccc(F)cc2F)cnc1Nc1cccc(Cl)c1. The Kier molecular flexibility index (Phi) is 4.99. The topological polar surface area (TPSA) is 74.2 Å². The van der Waals surface area contributed by atoms with Gasteiger partial charge < -0.3 is 15.7 Å². The number of nitrogens with one attached hydrogen (secondary N) is 2. The van der Waals surface area contributed by atoms with Crippen LogP contribution in [-0.2, 0) is 0 Å². The number of anilines is 4. The van der Waals surface area contributed by atoms with Gasteiger partial charge in [-0.3, -0.25) is 0 Å². The molecule has 0 spiro atoms. The summed E-state index contributed by atoms with van der Waals surface area (Å²) in [5, 5.41) is 15.5. The minimum atomic E-state index is -1.22. The molecule has 0 saturated carbocycles. The lowest BCUT2D eigenvalue weighted by molar-refractivity contribution is 0.0697. The van der Waals surface area contributed by atoms with E-state index in [1.165, 1.54) is 18.3 Å². The van der Waals surface area contributed by atoms with Gasteiger partial charge >= 0.3 is 5.97 Å². The van der Waals surface area contributed by atoms with Crippen LogP contribution in [0.4, 0.5) is 31.7 Å². The van der Waals surface area contributed by atoms with Crippen molar-refractivity contribution in [2.45, 2.75) is 0 Å². The third-order valence-corrected chi connectivity index (χ3v) is 3.65. The predicted octanol–water partition coefficient (Wildman–Crippen LogP) is 5.20. The Hall–Kier alpha value is -3.19.